The Morgan fingerprint density at radius 3 is 2.49 bits per heavy atom. The van der Waals surface area contributed by atoms with Crippen molar-refractivity contribution >= 4 is 22.7 Å². The molecule has 1 aromatic heterocycles. The summed E-state index contributed by atoms with van der Waals surface area (Å²) in [7, 11) is 0. The number of nitrogens with zero attached hydrogens (tertiary/aromatic N) is 3. The maximum absolute atomic E-state index is 13.6. The number of fused-ring (bicyclic) bond motifs is 1. The molecule has 1 atom stereocenters. The van der Waals surface area contributed by atoms with Crippen molar-refractivity contribution in [3.63, 3.8) is 0 Å². The highest BCUT2D eigenvalue weighted by Crippen LogP contribution is 2.32. The monoisotopic (exact) mass is 476 g/mol. The summed E-state index contributed by atoms with van der Waals surface area (Å²) >= 11 is 0. The Morgan fingerprint density at radius 1 is 1.14 bits per heavy atom. The molecule has 35 heavy (non-hydrogen) atoms. The Labute approximate surface area is 202 Å². The average molecular weight is 477 g/mol. The van der Waals surface area contributed by atoms with Crippen LogP contribution >= 0.6 is 0 Å². The molecule has 2 aromatic carbocycles. The van der Waals surface area contributed by atoms with E-state index in [-0.39, 0.29) is 5.41 Å². The van der Waals surface area contributed by atoms with Crippen molar-refractivity contribution < 1.29 is 18.4 Å². The number of halogens is 2. The van der Waals surface area contributed by atoms with Gasteiger partial charge in [-0.25, -0.2) is 8.78 Å². The molecule has 0 radical (unpaired) electrons. The molecule has 6 nitrogen and oxygen atoms in total. The molecule has 1 aliphatic heterocycles. The number of nitrogens with one attached hydrogen (secondary N) is 1. The van der Waals surface area contributed by atoms with Crippen LogP contribution in [0.2, 0.25) is 0 Å². The van der Waals surface area contributed by atoms with Crippen molar-refractivity contribution in [2.75, 3.05) is 13.1 Å². The van der Waals surface area contributed by atoms with E-state index >= 15 is 0 Å². The predicted octanol–water partition coefficient (Wildman–Crippen LogP) is 4.69. The van der Waals surface area contributed by atoms with E-state index in [1.807, 2.05) is 30.3 Å². The number of hydrogen-bond acceptors (Lipinski definition) is 4. The molecule has 1 saturated heterocycles. The molecule has 2 amide bonds. The number of rotatable bonds is 4. The maximum atomic E-state index is 13.6. The van der Waals surface area contributed by atoms with Gasteiger partial charge in [-0.15, -0.1) is 0 Å². The molecular formula is C27H26F2N4O2. The first kappa shape index (κ1) is 24.3. The van der Waals surface area contributed by atoms with Gasteiger partial charge in [0, 0.05) is 18.0 Å². The highest BCUT2D eigenvalue weighted by molar-refractivity contribution is 6.07. The number of carbonyl (C=O) groups is 2. The molecule has 8 heteroatoms. The Morgan fingerprint density at radius 2 is 1.83 bits per heavy atom. The van der Waals surface area contributed by atoms with Gasteiger partial charge < -0.3 is 10.2 Å². The van der Waals surface area contributed by atoms with Gasteiger partial charge in [-0.2, -0.15) is 5.26 Å². The minimum atomic E-state index is -3.11. The van der Waals surface area contributed by atoms with E-state index in [9.17, 15) is 18.4 Å². The largest absolute Gasteiger partial charge is 0.343 e. The zero-order valence-corrected chi connectivity index (χ0v) is 19.8. The third-order valence-electron chi connectivity index (χ3n) is 6.21. The maximum Gasteiger partial charge on any atom is 0.268 e. The fourth-order valence-electron chi connectivity index (χ4n) is 4.23. The highest BCUT2D eigenvalue weighted by Gasteiger charge is 2.47. The number of nitriles is 1. The van der Waals surface area contributed by atoms with Crippen LogP contribution in [0.4, 0.5) is 8.78 Å². The molecule has 1 fully saturated rings. The number of likely N-dealkylation sites (tertiary alicyclic amines) is 1. The van der Waals surface area contributed by atoms with Crippen molar-refractivity contribution in [2.24, 2.45) is 0 Å². The first-order valence-corrected chi connectivity index (χ1v) is 11.3. The summed E-state index contributed by atoms with van der Waals surface area (Å²) in [6.45, 7) is 5.14. The van der Waals surface area contributed by atoms with Gasteiger partial charge in [-0.05, 0) is 40.3 Å². The van der Waals surface area contributed by atoms with Crippen LogP contribution in [-0.4, -0.2) is 46.8 Å². The zero-order chi connectivity index (χ0) is 25.4. The highest BCUT2D eigenvalue weighted by atomic mass is 19.3. The first-order valence-electron chi connectivity index (χ1n) is 11.3. The van der Waals surface area contributed by atoms with Crippen LogP contribution < -0.4 is 5.32 Å². The Hall–Kier alpha value is -3.86. The van der Waals surface area contributed by atoms with Gasteiger partial charge in [-0.3, -0.25) is 14.6 Å². The van der Waals surface area contributed by atoms with Crippen LogP contribution in [0.15, 0.2) is 54.7 Å². The molecule has 0 unspecified atom stereocenters. The lowest BCUT2D eigenvalue weighted by Gasteiger charge is -2.19. The second-order valence-corrected chi connectivity index (χ2v) is 9.83. The van der Waals surface area contributed by atoms with Gasteiger partial charge in [0.15, 0.2) is 0 Å². The molecule has 0 bridgehead atoms. The number of pyridine rings is 1. The number of amides is 2. The van der Waals surface area contributed by atoms with E-state index in [0.717, 1.165) is 16.0 Å². The Balaban J connectivity index is 1.55. The lowest BCUT2D eigenvalue weighted by molar-refractivity contribution is -0.131. The number of aromatic nitrogens is 1. The van der Waals surface area contributed by atoms with E-state index in [1.165, 1.54) is 11.8 Å². The number of alkyl halides is 2. The lowest BCUT2D eigenvalue weighted by Crippen LogP contribution is -2.43. The molecule has 0 aliphatic carbocycles. The molecule has 0 saturated carbocycles. The van der Waals surface area contributed by atoms with E-state index in [0.29, 0.717) is 16.5 Å². The topological polar surface area (TPSA) is 86.1 Å². The normalized spacial score (nSPS) is 17.3. The summed E-state index contributed by atoms with van der Waals surface area (Å²) in [5, 5.41) is 12.2. The van der Waals surface area contributed by atoms with Gasteiger partial charge in [0.25, 0.3) is 11.8 Å². The SMILES string of the molecule is CC(C)(C)c1ccc(-c2ccc3nccc(C(=O)NCC(=O)N4CC(F)(F)C[C@H]4C#N)c3c2)cc1. The quantitative estimate of drug-likeness (QED) is 0.592. The minimum Gasteiger partial charge on any atom is -0.343 e. The predicted molar refractivity (Wildman–Crippen MR) is 129 cm³/mol. The van der Waals surface area contributed by atoms with Gasteiger partial charge in [0.05, 0.1) is 30.2 Å². The summed E-state index contributed by atoms with van der Waals surface area (Å²) in [5.41, 5.74) is 4.08. The van der Waals surface area contributed by atoms with Gasteiger partial charge in [0.1, 0.15) is 6.04 Å². The van der Waals surface area contributed by atoms with Crippen LogP contribution in [0.3, 0.4) is 0 Å². The third kappa shape index (κ3) is 5.14. The van der Waals surface area contributed by atoms with Crippen molar-refractivity contribution in [3.8, 4) is 17.2 Å². The van der Waals surface area contributed by atoms with Crippen LogP contribution in [0.25, 0.3) is 22.0 Å². The molecule has 0 spiro atoms. The standard InChI is InChI=1S/C27H26F2N4O2/c1-26(2,3)19-7-4-17(5-8-19)18-6-9-23-22(12-18)21(10-11-31-23)25(35)32-15-24(34)33-16-27(28,29)13-20(33)14-30/h4-12,20H,13,15-16H2,1-3H3,(H,32,35)/t20-/m0/s1. The lowest BCUT2D eigenvalue weighted by atomic mass is 9.86. The molecule has 1 aliphatic rings. The summed E-state index contributed by atoms with van der Waals surface area (Å²) in [6.07, 6.45) is 0.807. The van der Waals surface area contributed by atoms with Crippen molar-refractivity contribution in [2.45, 2.75) is 44.6 Å². The van der Waals surface area contributed by atoms with Gasteiger partial charge in [0.2, 0.25) is 5.91 Å². The molecule has 3 aromatic rings. The van der Waals surface area contributed by atoms with E-state index in [1.54, 1.807) is 12.1 Å². The number of hydrogen-bond donors (Lipinski definition) is 1. The molecule has 4 rings (SSSR count). The fraction of sp³-hybridized carbons (Fsp3) is 0.333. The number of benzene rings is 2. The van der Waals surface area contributed by atoms with E-state index in [4.69, 9.17) is 5.26 Å². The Bertz CT molecular complexity index is 1320. The second kappa shape index (κ2) is 9.06. The van der Waals surface area contributed by atoms with Gasteiger partial charge in [-0.1, -0.05) is 51.1 Å². The third-order valence-corrected chi connectivity index (χ3v) is 6.21. The minimum absolute atomic E-state index is 0.0345. The molecule has 1 N–H and O–H groups in total. The van der Waals surface area contributed by atoms with E-state index < -0.39 is 43.3 Å². The molecule has 180 valence electrons. The summed E-state index contributed by atoms with van der Waals surface area (Å²) < 4.78 is 27.3. The smallest absolute Gasteiger partial charge is 0.268 e. The van der Waals surface area contributed by atoms with Crippen LogP contribution in [0.1, 0.15) is 43.1 Å². The Kier molecular flexibility index (Phi) is 6.28. The zero-order valence-electron chi connectivity index (χ0n) is 19.8. The van der Waals surface area contributed by atoms with Crippen LogP contribution in [0.5, 0.6) is 0 Å². The summed E-state index contributed by atoms with van der Waals surface area (Å²) in [6, 6.07) is 15.9. The van der Waals surface area contributed by atoms with Crippen LogP contribution in [-0.2, 0) is 10.2 Å². The van der Waals surface area contributed by atoms with Crippen molar-refractivity contribution in [1.82, 2.24) is 15.2 Å². The van der Waals surface area contributed by atoms with Crippen molar-refractivity contribution in [3.05, 3.63) is 65.9 Å². The summed E-state index contributed by atoms with van der Waals surface area (Å²) in [4.78, 5) is 30.5. The second-order valence-electron chi connectivity index (χ2n) is 9.83. The number of carbonyl (C=O) groups excluding carboxylic acids is 2. The van der Waals surface area contributed by atoms with Gasteiger partial charge >= 0.3 is 0 Å². The van der Waals surface area contributed by atoms with Crippen LogP contribution in [0, 0.1) is 11.3 Å². The summed E-state index contributed by atoms with van der Waals surface area (Å²) in [5.74, 6) is -4.35. The van der Waals surface area contributed by atoms with Crippen molar-refractivity contribution in [1.29, 1.82) is 5.26 Å². The van der Waals surface area contributed by atoms with E-state index in [2.05, 4.69) is 43.2 Å². The average Bonchev–Trinajstić information content (AvgIpc) is 3.15. The fourth-order valence-corrected chi connectivity index (χ4v) is 4.23. The molecule has 2 heterocycles. The molecular weight excluding hydrogens is 450 g/mol. The first-order chi connectivity index (χ1) is 16.5.